The Balaban J connectivity index is 1.75. The smallest absolute Gasteiger partial charge is 0.342 e. The van der Waals surface area contributed by atoms with E-state index in [2.05, 4.69) is 4.98 Å². The van der Waals surface area contributed by atoms with Crippen molar-refractivity contribution >= 4 is 17.3 Å². The van der Waals surface area contributed by atoms with E-state index in [1.165, 1.54) is 18.4 Å². The zero-order valence-corrected chi connectivity index (χ0v) is 16.0. The molecular weight excluding hydrogens is 366 g/mol. The van der Waals surface area contributed by atoms with Crippen LogP contribution in [0, 0.1) is 0 Å². The molecule has 3 aromatic rings. The first-order valence-electron chi connectivity index (χ1n) is 8.13. The number of carbonyl (C=O) groups is 1. The van der Waals surface area contributed by atoms with Gasteiger partial charge in [0.2, 0.25) is 0 Å². The van der Waals surface area contributed by atoms with Crippen molar-refractivity contribution in [3.63, 3.8) is 0 Å². The van der Waals surface area contributed by atoms with Gasteiger partial charge in [-0.25, -0.2) is 9.78 Å². The molecule has 0 unspecified atom stereocenters. The first kappa shape index (κ1) is 18.7. The second-order valence-electron chi connectivity index (χ2n) is 5.46. The summed E-state index contributed by atoms with van der Waals surface area (Å²) >= 11 is 1.44. The van der Waals surface area contributed by atoms with Gasteiger partial charge < -0.3 is 18.9 Å². The number of rotatable bonds is 7. The fourth-order valence-electron chi connectivity index (χ4n) is 2.58. The van der Waals surface area contributed by atoms with E-state index in [0.29, 0.717) is 28.5 Å². The van der Waals surface area contributed by atoms with E-state index < -0.39 is 5.97 Å². The van der Waals surface area contributed by atoms with Gasteiger partial charge in [0.25, 0.3) is 0 Å². The minimum Gasteiger partial charge on any atom is -0.496 e. The predicted molar refractivity (Wildman–Crippen MR) is 103 cm³/mol. The van der Waals surface area contributed by atoms with E-state index >= 15 is 0 Å². The van der Waals surface area contributed by atoms with E-state index in [4.69, 9.17) is 18.9 Å². The second-order valence-corrected chi connectivity index (χ2v) is 6.32. The van der Waals surface area contributed by atoms with Crippen molar-refractivity contribution in [2.75, 3.05) is 21.3 Å². The van der Waals surface area contributed by atoms with Crippen LogP contribution in [0.3, 0.4) is 0 Å². The highest BCUT2D eigenvalue weighted by molar-refractivity contribution is 7.13. The molecule has 0 N–H and O–H groups in total. The second kappa shape index (κ2) is 8.55. The average Bonchev–Trinajstić information content (AvgIpc) is 3.20. The van der Waals surface area contributed by atoms with Crippen LogP contribution < -0.4 is 14.2 Å². The molecule has 0 fully saturated rings. The third-order valence-corrected chi connectivity index (χ3v) is 4.79. The van der Waals surface area contributed by atoms with Gasteiger partial charge in [0.1, 0.15) is 22.9 Å². The number of hydrogen-bond acceptors (Lipinski definition) is 7. The Bertz CT molecular complexity index is 938. The molecule has 0 spiro atoms. The van der Waals surface area contributed by atoms with Crippen molar-refractivity contribution in [2.24, 2.45) is 0 Å². The summed E-state index contributed by atoms with van der Waals surface area (Å²) in [5, 5.41) is 2.61. The maximum Gasteiger partial charge on any atom is 0.342 e. The minimum absolute atomic E-state index is 0.0691. The summed E-state index contributed by atoms with van der Waals surface area (Å²) in [7, 11) is 4.69. The predicted octanol–water partition coefficient (Wildman–Crippen LogP) is 4.19. The zero-order valence-electron chi connectivity index (χ0n) is 15.2. The summed E-state index contributed by atoms with van der Waals surface area (Å²) < 4.78 is 21.3. The lowest BCUT2D eigenvalue weighted by atomic mass is 10.2. The quantitative estimate of drug-likeness (QED) is 0.568. The lowest BCUT2D eigenvalue weighted by molar-refractivity contribution is 0.0465. The van der Waals surface area contributed by atoms with Crippen molar-refractivity contribution in [1.82, 2.24) is 4.98 Å². The molecule has 0 bridgehead atoms. The van der Waals surface area contributed by atoms with Crippen LogP contribution in [-0.4, -0.2) is 32.3 Å². The summed E-state index contributed by atoms with van der Waals surface area (Å²) in [6.45, 7) is 0.0691. The van der Waals surface area contributed by atoms with Crippen LogP contribution >= 0.6 is 11.3 Å². The molecule has 0 atom stereocenters. The molecule has 0 saturated carbocycles. The van der Waals surface area contributed by atoms with Crippen molar-refractivity contribution in [1.29, 1.82) is 0 Å². The molecule has 0 aliphatic carbocycles. The number of hydrogen-bond donors (Lipinski definition) is 0. The third kappa shape index (κ3) is 4.03. The average molecular weight is 385 g/mol. The van der Waals surface area contributed by atoms with Gasteiger partial charge in [-0.1, -0.05) is 18.2 Å². The lowest BCUT2D eigenvalue weighted by Gasteiger charge is -2.10. The number of aromatic nitrogens is 1. The normalized spacial score (nSPS) is 10.3. The molecule has 1 heterocycles. The Morgan fingerprint density at radius 3 is 2.44 bits per heavy atom. The van der Waals surface area contributed by atoms with Crippen LogP contribution in [0.2, 0.25) is 0 Å². The first-order chi connectivity index (χ1) is 13.2. The van der Waals surface area contributed by atoms with Crippen molar-refractivity contribution in [2.45, 2.75) is 6.61 Å². The number of esters is 1. The third-order valence-electron chi connectivity index (χ3n) is 3.86. The van der Waals surface area contributed by atoms with Crippen LogP contribution in [0.15, 0.2) is 47.8 Å². The van der Waals surface area contributed by atoms with Crippen LogP contribution in [0.5, 0.6) is 17.2 Å². The molecule has 3 rings (SSSR count). The van der Waals surface area contributed by atoms with E-state index in [1.54, 1.807) is 38.5 Å². The van der Waals surface area contributed by atoms with E-state index in [9.17, 15) is 4.79 Å². The molecule has 0 amide bonds. The molecule has 1 aromatic heterocycles. The molecular formula is C20H19NO5S. The molecule has 0 aliphatic rings. The maximum atomic E-state index is 12.3. The Labute approximate surface area is 161 Å². The Kier molecular flexibility index (Phi) is 5.93. The fraction of sp³-hybridized carbons (Fsp3) is 0.200. The summed E-state index contributed by atoms with van der Waals surface area (Å²) in [6.07, 6.45) is 0. The number of ether oxygens (including phenoxy) is 4. The Hall–Kier alpha value is -3.06. The van der Waals surface area contributed by atoms with Crippen molar-refractivity contribution in [3.05, 3.63) is 59.1 Å². The Morgan fingerprint density at radius 1 is 0.963 bits per heavy atom. The van der Waals surface area contributed by atoms with Gasteiger partial charge in [0.05, 0.1) is 32.6 Å². The monoisotopic (exact) mass is 385 g/mol. The van der Waals surface area contributed by atoms with E-state index in [1.807, 2.05) is 23.6 Å². The van der Waals surface area contributed by atoms with Crippen LogP contribution in [-0.2, 0) is 11.3 Å². The van der Waals surface area contributed by atoms with Gasteiger partial charge in [-0.3, -0.25) is 0 Å². The van der Waals surface area contributed by atoms with Crippen molar-refractivity contribution in [3.8, 4) is 27.8 Å². The molecule has 7 heteroatoms. The standard InChI is InChI=1S/C20H19NO5S/c1-23-16-9-5-4-7-14(16)20(22)26-11-13-12-27-19(21-13)15-8-6-10-17(24-2)18(15)25-3/h4-10,12H,11H2,1-3H3. The molecule has 27 heavy (non-hydrogen) atoms. The first-order valence-corrected chi connectivity index (χ1v) is 9.01. The summed E-state index contributed by atoms with van der Waals surface area (Å²) in [5.74, 6) is 1.27. The van der Waals surface area contributed by atoms with Crippen LogP contribution in [0.1, 0.15) is 16.1 Å². The highest BCUT2D eigenvalue weighted by atomic mass is 32.1. The molecule has 0 aliphatic heterocycles. The summed E-state index contributed by atoms with van der Waals surface area (Å²) in [5.41, 5.74) is 1.86. The van der Waals surface area contributed by atoms with E-state index in [-0.39, 0.29) is 6.61 Å². The van der Waals surface area contributed by atoms with Gasteiger partial charge in [-0.05, 0) is 24.3 Å². The number of para-hydroxylation sites is 2. The SMILES string of the molecule is COc1ccccc1C(=O)OCc1csc(-c2cccc(OC)c2OC)n1. The number of thiazole rings is 1. The molecule has 6 nitrogen and oxygen atoms in total. The topological polar surface area (TPSA) is 66.9 Å². The number of carbonyl (C=O) groups excluding carboxylic acids is 1. The van der Waals surface area contributed by atoms with Gasteiger partial charge in [0.15, 0.2) is 11.5 Å². The Morgan fingerprint density at radius 2 is 1.70 bits per heavy atom. The number of benzene rings is 2. The van der Waals surface area contributed by atoms with Crippen LogP contribution in [0.4, 0.5) is 0 Å². The van der Waals surface area contributed by atoms with Crippen LogP contribution in [0.25, 0.3) is 10.6 Å². The van der Waals surface area contributed by atoms with Gasteiger partial charge in [0, 0.05) is 5.38 Å². The van der Waals surface area contributed by atoms with Gasteiger partial charge >= 0.3 is 5.97 Å². The molecule has 0 radical (unpaired) electrons. The van der Waals surface area contributed by atoms with Gasteiger partial charge in [-0.15, -0.1) is 11.3 Å². The van der Waals surface area contributed by atoms with E-state index in [0.717, 1.165) is 10.6 Å². The van der Waals surface area contributed by atoms with Crippen molar-refractivity contribution < 1.29 is 23.7 Å². The summed E-state index contributed by atoms with van der Waals surface area (Å²) in [6, 6.07) is 12.5. The fourth-order valence-corrected chi connectivity index (χ4v) is 3.41. The number of nitrogens with zero attached hydrogens (tertiary/aromatic N) is 1. The maximum absolute atomic E-state index is 12.3. The van der Waals surface area contributed by atoms with Gasteiger partial charge in [-0.2, -0.15) is 0 Å². The minimum atomic E-state index is -0.457. The molecule has 140 valence electrons. The lowest BCUT2D eigenvalue weighted by Crippen LogP contribution is -2.07. The molecule has 2 aromatic carbocycles. The zero-order chi connectivity index (χ0) is 19.2. The summed E-state index contributed by atoms with van der Waals surface area (Å²) in [4.78, 5) is 16.8. The number of methoxy groups -OCH3 is 3. The molecule has 0 saturated heterocycles. The largest absolute Gasteiger partial charge is 0.496 e. The highest BCUT2D eigenvalue weighted by Crippen LogP contribution is 2.39. The highest BCUT2D eigenvalue weighted by Gasteiger charge is 2.16.